The first-order valence-corrected chi connectivity index (χ1v) is 16.8. The Hall–Kier alpha value is -3.90. The molecule has 2 amide bonds. The number of carboxylic acid groups (broad SMARTS) is 1. The first kappa shape index (κ1) is 31.0. The molecule has 1 N–H and O–H groups in total. The van der Waals surface area contributed by atoms with Crippen LogP contribution in [0, 0.1) is 0 Å². The van der Waals surface area contributed by atoms with Gasteiger partial charge in [0.1, 0.15) is 23.2 Å². The van der Waals surface area contributed by atoms with Crippen molar-refractivity contribution >= 4 is 20.3 Å². The Kier molecular flexibility index (Phi) is 9.26. The highest BCUT2D eigenvalue weighted by Crippen LogP contribution is 2.37. The highest BCUT2D eigenvalue weighted by molar-refractivity contribution is 6.74. The van der Waals surface area contributed by atoms with Gasteiger partial charge in [0, 0.05) is 24.7 Å². The number of β-lactam (4-membered cyclic amide) rings is 1. The zero-order valence-electron chi connectivity index (χ0n) is 25.4. The summed E-state index contributed by atoms with van der Waals surface area (Å²) in [5.41, 5.74) is 2.26. The highest BCUT2D eigenvalue weighted by atomic mass is 28.4. The summed E-state index contributed by atoms with van der Waals surface area (Å²) in [6.45, 7) is 11.8. The SMILES string of the molecule is COc1ccc(CN2C(=O)[C@@H](N(Cc3ccccc3)C(=O)O)[C@H]2Cn2ncc(CO[Si](C)(C)C(C)(C)C)n2)c(OC)c1. The lowest BCUT2D eigenvalue weighted by molar-refractivity contribution is -0.161. The van der Waals surface area contributed by atoms with Crippen molar-refractivity contribution in [3.8, 4) is 11.5 Å². The molecule has 11 nitrogen and oxygen atoms in total. The summed E-state index contributed by atoms with van der Waals surface area (Å²) in [5.74, 6) is 0.920. The van der Waals surface area contributed by atoms with Crippen LogP contribution in [-0.4, -0.2) is 76.5 Å². The normalized spacial score (nSPS) is 17.1. The number of amides is 2. The lowest BCUT2D eigenvalue weighted by Gasteiger charge is -2.50. The maximum Gasteiger partial charge on any atom is 0.408 e. The average Bonchev–Trinajstić information content (AvgIpc) is 3.41. The summed E-state index contributed by atoms with van der Waals surface area (Å²) in [5, 5.41) is 19.3. The van der Waals surface area contributed by atoms with Crippen LogP contribution in [0.4, 0.5) is 4.79 Å². The molecule has 0 bridgehead atoms. The van der Waals surface area contributed by atoms with Crippen molar-refractivity contribution in [2.75, 3.05) is 14.2 Å². The summed E-state index contributed by atoms with van der Waals surface area (Å²) in [6, 6.07) is 13.2. The second-order valence-corrected chi connectivity index (χ2v) is 16.8. The molecule has 2 aromatic carbocycles. The Bertz CT molecular complexity index is 1390. The summed E-state index contributed by atoms with van der Waals surface area (Å²) in [7, 11) is 1.15. The molecule has 4 rings (SSSR count). The summed E-state index contributed by atoms with van der Waals surface area (Å²) >= 11 is 0. The summed E-state index contributed by atoms with van der Waals surface area (Å²) < 4.78 is 17.2. The fourth-order valence-corrected chi connectivity index (χ4v) is 5.62. The predicted octanol–water partition coefficient (Wildman–Crippen LogP) is 4.78. The van der Waals surface area contributed by atoms with E-state index in [1.54, 1.807) is 37.4 Å². The van der Waals surface area contributed by atoms with Gasteiger partial charge in [-0.25, -0.2) is 4.79 Å². The van der Waals surface area contributed by atoms with Crippen molar-refractivity contribution in [2.45, 2.75) is 77.2 Å². The Morgan fingerprint density at radius 3 is 2.43 bits per heavy atom. The smallest absolute Gasteiger partial charge is 0.408 e. The third-order valence-corrected chi connectivity index (χ3v) is 12.7. The molecule has 0 spiro atoms. The Morgan fingerprint density at radius 2 is 1.81 bits per heavy atom. The van der Waals surface area contributed by atoms with Crippen molar-refractivity contribution in [3.05, 3.63) is 71.5 Å². The molecule has 1 saturated heterocycles. The van der Waals surface area contributed by atoms with Crippen LogP contribution in [0.25, 0.3) is 0 Å². The van der Waals surface area contributed by atoms with Gasteiger partial charge in [0.25, 0.3) is 0 Å². The van der Waals surface area contributed by atoms with Gasteiger partial charge in [-0.1, -0.05) is 51.1 Å². The van der Waals surface area contributed by atoms with Gasteiger partial charge in [-0.2, -0.15) is 15.0 Å². The standard InChI is InChI=1S/C30H41N5O6Si/c1-30(2,3)42(6,7)41-20-23-16-31-35(32-23)19-25-27(34(29(37)38)17-21-11-9-8-10-12-21)28(36)33(25)18-22-13-14-24(39-4)15-26(22)40-5/h8-16,25,27H,17-20H2,1-7H3,(H,37,38)/t25-,27+/m1/s1. The van der Waals surface area contributed by atoms with Gasteiger partial charge in [-0.3, -0.25) is 9.69 Å². The molecule has 1 aliphatic rings. The minimum atomic E-state index is -1.98. The van der Waals surface area contributed by atoms with E-state index in [1.807, 2.05) is 36.4 Å². The van der Waals surface area contributed by atoms with E-state index in [9.17, 15) is 14.7 Å². The largest absolute Gasteiger partial charge is 0.497 e. The van der Waals surface area contributed by atoms with E-state index in [0.717, 1.165) is 11.1 Å². The number of benzene rings is 2. The molecule has 226 valence electrons. The molecule has 1 fully saturated rings. The molecule has 0 unspecified atom stereocenters. The maximum absolute atomic E-state index is 13.6. The number of hydrogen-bond donors (Lipinski definition) is 1. The van der Waals surface area contributed by atoms with Crippen LogP contribution in [0.5, 0.6) is 11.5 Å². The zero-order chi connectivity index (χ0) is 30.7. The third kappa shape index (κ3) is 6.76. The van der Waals surface area contributed by atoms with Gasteiger partial charge < -0.3 is 23.9 Å². The summed E-state index contributed by atoms with van der Waals surface area (Å²) in [4.78, 5) is 30.5. The zero-order valence-corrected chi connectivity index (χ0v) is 26.4. The van der Waals surface area contributed by atoms with E-state index in [4.69, 9.17) is 13.9 Å². The second-order valence-electron chi connectivity index (χ2n) is 12.0. The number of nitrogens with zero attached hydrogens (tertiary/aromatic N) is 5. The van der Waals surface area contributed by atoms with Crippen molar-refractivity contribution in [1.29, 1.82) is 0 Å². The Morgan fingerprint density at radius 1 is 1.10 bits per heavy atom. The second kappa shape index (κ2) is 12.5. The predicted molar refractivity (Wildman–Crippen MR) is 160 cm³/mol. The Labute approximate surface area is 248 Å². The number of aromatic nitrogens is 3. The van der Waals surface area contributed by atoms with Crippen LogP contribution < -0.4 is 9.47 Å². The van der Waals surface area contributed by atoms with Crippen molar-refractivity contribution < 1.29 is 28.6 Å². The lowest BCUT2D eigenvalue weighted by atomic mass is 9.91. The van der Waals surface area contributed by atoms with Gasteiger partial charge in [0.15, 0.2) is 8.32 Å². The molecular weight excluding hydrogens is 554 g/mol. The monoisotopic (exact) mass is 595 g/mol. The molecule has 12 heteroatoms. The van der Waals surface area contributed by atoms with Crippen LogP contribution in [0.15, 0.2) is 54.7 Å². The van der Waals surface area contributed by atoms with Crippen LogP contribution in [0.3, 0.4) is 0 Å². The van der Waals surface area contributed by atoms with E-state index < -0.39 is 26.5 Å². The molecule has 2 heterocycles. The Balaban J connectivity index is 1.59. The van der Waals surface area contributed by atoms with E-state index in [1.165, 1.54) is 9.70 Å². The van der Waals surface area contributed by atoms with Gasteiger partial charge in [0.2, 0.25) is 5.91 Å². The number of carbonyl (C=O) groups is 2. The van der Waals surface area contributed by atoms with Crippen LogP contribution in [-0.2, 0) is 35.5 Å². The molecule has 42 heavy (non-hydrogen) atoms. The van der Waals surface area contributed by atoms with Gasteiger partial charge >= 0.3 is 6.09 Å². The van der Waals surface area contributed by atoms with E-state index in [-0.39, 0.29) is 30.6 Å². The fraction of sp³-hybridized carbons (Fsp3) is 0.467. The minimum absolute atomic E-state index is 0.0601. The molecule has 1 aliphatic heterocycles. The first-order chi connectivity index (χ1) is 19.8. The number of methoxy groups -OCH3 is 2. The van der Waals surface area contributed by atoms with E-state index >= 15 is 0 Å². The molecule has 1 aromatic heterocycles. The molecule has 2 atom stereocenters. The maximum atomic E-state index is 13.6. The quantitative estimate of drug-likeness (QED) is 0.235. The number of carbonyl (C=O) groups excluding carboxylic acids is 1. The van der Waals surface area contributed by atoms with Gasteiger partial charge in [-0.15, -0.1) is 0 Å². The number of rotatable bonds is 12. The van der Waals surface area contributed by atoms with E-state index in [2.05, 4.69) is 44.1 Å². The highest BCUT2D eigenvalue weighted by Gasteiger charge is 2.52. The number of ether oxygens (including phenoxy) is 2. The molecule has 0 saturated carbocycles. The first-order valence-electron chi connectivity index (χ1n) is 13.9. The van der Waals surface area contributed by atoms with Crippen molar-refractivity contribution in [3.63, 3.8) is 0 Å². The average molecular weight is 596 g/mol. The number of likely N-dealkylation sites (tertiary alicyclic amines) is 1. The number of hydrogen-bond acceptors (Lipinski definition) is 7. The van der Waals surface area contributed by atoms with Gasteiger partial charge in [0.05, 0.1) is 39.6 Å². The van der Waals surface area contributed by atoms with Crippen molar-refractivity contribution in [1.82, 2.24) is 24.8 Å². The van der Waals surface area contributed by atoms with E-state index in [0.29, 0.717) is 23.8 Å². The summed E-state index contributed by atoms with van der Waals surface area (Å²) in [6.07, 6.45) is 0.499. The van der Waals surface area contributed by atoms with Gasteiger partial charge in [-0.05, 0) is 35.8 Å². The van der Waals surface area contributed by atoms with Crippen molar-refractivity contribution in [2.24, 2.45) is 0 Å². The molecular formula is C30H41N5O6Si. The molecule has 3 aromatic rings. The van der Waals surface area contributed by atoms with Crippen LogP contribution in [0.1, 0.15) is 37.6 Å². The lowest BCUT2D eigenvalue weighted by Crippen LogP contribution is -2.71. The molecule has 0 aliphatic carbocycles. The van der Waals surface area contributed by atoms with Crippen LogP contribution in [0.2, 0.25) is 18.1 Å². The topological polar surface area (TPSA) is 119 Å². The third-order valence-electron chi connectivity index (χ3n) is 8.23. The molecule has 0 radical (unpaired) electrons. The fourth-order valence-electron chi connectivity index (χ4n) is 4.68. The van der Waals surface area contributed by atoms with Crippen LogP contribution >= 0.6 is 0 Å². The minimum Gasteiger partial charge on any atom is -0.497 e.